The predicted molar refractivity (Wildman–Crippen MR) is 80.2 cm³/mol. The van der Waals surface area contributed by atoms with Crippen molar-refractivity contribution in [3.63, 3.8) is 0 Å². The zero-order chi connectivity index (χ0) is 14.6. The van der Waals surface area contributed by atoms with E-state index in [1.54, 1.807) is 0 Å². The lowest BCUT2D eigenvalue weighted by molar-refractivity contribution is 0.121. The number of hydrogen-bond acceptors (Lipinski definition) is 4. The van der Waals surface area contributed by atoms with Gasteiger partial charge in [0.1, 0.15) is 5.54 Å². The van der Waals surface area contributed by atoms with Gasteiger partial charge in [0.05, 0.1) is 12.7 Å². The van der Waals surface area contributed by atoms with Gasteiger partial charge in [-0.25, -0.2) is 0 Å². The minimum atomic E-state index is -0.361. The van der Waals surface area contributed by atoms with Gasteiger partial charge in [-0.3, -0.25) is 5.32 Å². The van der Waals surface area contributed by atoms with Crippen LogP contribution in [0.3, 0.4) is 0 Å². The fourth-order valence-corrected chi connectivity index (χ4v) is 1.92. The molecule has 1 unspecified atom stereocenters. The molecule has 4 heteroatoms. The van der Waals surface area contributed by atoms with Crippen molar-refractivity contribution in [2.24, 2.45) is 0 Å². The van der Waals surface area contributed by atoms with Gasteiger partial charge < -0.3 is 9.64 Å². The standard InChI is InChI=1S/C15H31N3O/c1-5-10-17-15(3,14-16)9-7-8-11-18(4)12-13-19-6-2/h17H,5-13H2,1-4H3. The molecular formula is C15H31N3O. The molecule has 0 heterocycles. The van der Waals surface area contributed by atoms with Crippen LogP contribution < -0.4 is 5.32 Å². The van der Waals surface area contributed by atoms with Gasteiger partial charge in [-0.15, -0.1) is 0 Å². The number of ether oxygens (including phenoxy) is 1. The molecule has 0 saturated heterocycles. The van der Waals surface area contributed by atoms with Crippen LogP contribution in [0.4, 0.5) is 0 Å². The Balaban J connectivity index is 3.68. The van der Waals surface area contributed by atoms with E-state index >= 15 is 0 Å². The first-order valence-electron chi connectivity index (χ1n) is 7.50. The summed E-state index contributed by atoms with van der Waals surface area (Å²) in [6, 6.07) is 2.40. The van der Waals surface area contributed by atoms with Crippen LogP contribution in [0.5, 0.6) is 0 Å². The molecule has 0 rings (SSSR count). The Morgan fingerprint density at radius 1 is 1.26 bits per heavy atom. The maximum atomic E-state index is 9.22. The minimum Gasteiger partial charge on any atom is -0.380 e. The summed E-state index contributed by atoms with van der Waals surface area (Å²) in [7, 11) is 2.12. The summed E-state index contributed by atoms with van der Waals surface area (Å²) in [6.07, 6.45) is 4.20. The van der Waals surface area contributed by atoms with Crippen LogP contribution in [0.15, 0.2) is 0 Å². The molecule has 1 N–H and O–H groups in total. The van der Waals surface area contributed by atoms with E-state index in [2.05, 4.69) is 30.3 Å². The van der Waals surface area contributed by atoms with Crippen molar-refractivity contribution in [1.82, 2.24) is 10.2 Å². The SMILES string of the molecule is CCCNC(C)(C#N)CCCCN(C)CCOCC. The van der Waals surface area contributed by atoms with Crippen molar-refractivity contribution < 1.29 is 4.74 Å². The van der Waals surface area contributed by atoms with Gasteiger partial charge in [0.15, 0.2) is 0 Å². The zero-order valence-electron chi connectivity index (χ0n) is 13.2. The summed E-state index contributed by atoms with van der Waals surface area (Å²) in [4.78, 5) is 2.29. The summed E-state index contributed by atoms with van der Waals surface area (Å²) >= 11 is 0. The van der Waals surface area contributed by atoms with Gasteiger partial charge in [-0.2, -0.15) is 5.26 Å². The minimum absolute atomic E-state index is 0.361. The van der Waals surface area contributed by atoms with E-state index < -0.39 is 0 Å². The van der Waals surface area contributed by atoms with Gasteiger partial charge in [0.25, 0.3) is 0 Å². The number of nitrogens with one attached hydrogen (secondary N) is 1. The van der Waals surface area contributed by atoms with Crippen LogP contribution in [-0.4, -0.2) is 50.3 Å². The normalized spacial score (nSPS) is 14.3. The smallest absolute Gasteiger partial charge is 0.103 e. The van der Waals surface area contributed by atoms with Crippen molar-refractivity contribution >= 4 is 0 Å². The monoisotopic (exact) mass is 269 g/mol. The molecule has 4 nitrogen and oxygen atoms in total. The number of likely N-dealkylation sites (N-methyl/N-ethyl adjacent to an activating group) is 1. The number of nitrogens with zero attached hydrogens (tertiary/aromatic N) is 2. The zero-order valence-corrected chi connectivity index (χ0v) is 13.2. The molecule has 0 aliphatic rings. The molecule has 19 heavy (non-hydrogen) atoms. The van der Waals surface area contributed by atoms with E-state index in [0.29, 0.717) is 0 Å². The molecular weight excluding hydrogens is 238 g/mol. The first-order chi connectivity index (χ1) is 9.08. The number of hydrogen-bond donors (Lipinski definition) is 1. The number of unbranched alkanes of at least 4 members (excludes halogenated alkanes) is 1. The van der Waals surface area contributed by atoms with E-state index in [1.807, 2.05) is 13.8 Å². The summed E-state index contributed by atoms with van der Waals surface area (Å²) in [5.41, 5.74) is -0.361. The highest BCUT2D eigenvalue weighted by Crippen LogP contribution is 2.13. The first-order valence-corrected chi connectivity index (χ1v) is 7.50. The lowest BCUT2D eigenvalue weighted by Gasteiger charge is -2.23. The maximum Gasteiger partial charge on any atom is 0.103 e. The topological polar surface area (TPSA) is 48.3 Å². The van der Waals surface area contributed by atoms with Crippen LogP contribution in [0.2, 0.25) is 0 Å². The van der Waals surface area contributed by atoms with E-state index in [9.17, 15) is 5.26 Å². The maximum absolute atomic E-state index is 9.22. The van der Waals surface area contributed by atoms with Crippen molar-refractivity contribution in [2.75, 3.05) is 39.9 Å². The van der Waals surface area contributed by atoms with Crippen molar-refractivity contribution in [2.45, 2.75) is 52.0 Å². The Morgan fingerprint density at radius 2 is 2.00 bits per heavy atom. The highest BCUT2D eigenvalue weighted by molar-refractivity contribution is 5.03. The molecule has 0 aromatic rings. The lowest BCUT2D eigenvalue weighted by Crippen LogP contribution is -2.41. The Hall–Kier alpha value is -0.630. The molecule has 112 valence electrons. The molecule has 0 bridgehead atoms. The molecule has 0 saturated carbocycles. The second-order valence-corrected chi connectivity index (χ2v) is 5.33. The summed E-state index contributed by atoms with van der Waals surface area (Å²) in [6.45, 7) is 10.7. The van der Waals surface area contributed by atoms with Crippen LogP contribution in [0.25, 0.3) is 0 Å². The Morgan fingerprint density at radius 3 is 2.58 bits per heavy atom. The van der Waals surface area contributed by atoms with E-state index in [4.69, 9.17) is 4.74 Å². The largest absolute Gasteiger partial charge is 0.380 e. The van der Waals surface area contributed by atoms with Crippen molar-refractivity contribution in [1.29, 1.82) is 5.26 Å². The average molecular weight is 269 g/mol. The Labute approximate surface area is 119 Å². The molecule has 0 aromatic carbocycles. The van der Waals surface area contributed by atoms with Crippen LogP contribution in [0, 0.1) is 11.3 Å². The van der Waals surface area contributed by atoms with Gasteiger partial charge in [-0.1, -0.05) is 6.92 Å². The molecule has 0 aliphatic heterocycles. The van der Waals surface area contributed by atoms with Crippen molar-refractivity contribution in [3.8, 4) is 6.07 Å². The Bertz CT molecular complexity index is 252. The molecule has 0 radical (unpaired) electrons. The lowest BCUT2D eigenvalue weighted by atomic mass is 9.96. The van der Waals surface area contributed by atoms with Crippen molar-refractivity contribution in [3.05, 3.63) is 0 Å². The number of rotatable bonds is 12. The fraction of sp³-hybridized carbons (Fsp3) is 0.933. The quantitative estimate of drug-likeness (QED) is 0.553. The number of nitriles is 1. The molecule has 0 fully saturated rings. The fourth-order valence-electron chi connectivity index (χ4n) is 1.92. The third kappa shape index (κ3) is 9.89. The molecule has 0 aliphatic carbocycles. The van der Waals surface area contributed by atoms with Gasteiger partial charge >= 0.3 is 0 Å². The van der Waals surface area contributed by atoms with Crippen LogP contribution in [-0.2, 0) is 4.74 Å². The van der Waals surface area contributed by atoms with E-state index in [-0.39, 0.29) is 5.54 Å². The van der Waals surface area contributed by atoms with Gasteiger partial charge in [0, 0.05) is 13.2 Å². The van der Waals surface area contributed by atoms with Gasteiger partial charge in [0.2, 0.25) is 0 Å². The third-order valence-corrected chi connectivity index (χ3v) is 3.30. The molecule has 0 spiro atoms. The van der Waals surface area contributed by atoms with E-state index in [0.717, 1.165) is 58.5 Å². The molecule has 1 atom stereocenters. The second kappa shape index (κ2) is 11.2. The highest BCUT2D eigenvalue weighted by Gasteiger charge is 2.21. The average Bonchev–Trinajstić information content (AvgIpc) is 2.42. The second-order valence-electron chi connectivity index (χ2n) is 5.33. The molecule has 0 aromatic heterocycles. The predicted octanol–water partition coefficient (Wildman–Crippen LogP) is 2.41. The third-order valence-electron chi connectivity index (χ3n) is 3.30. The van der Waals surface area contributed by atoms with E-state index in [1.165, 1.54) is 0 Å². The summed E-state index contributed by atoms with van der Waals surface area (Å²) in [5.74, 6) is 0. The molecule has 0 amide bonds. The van der Waals surface area contributed by atoms with Crippen LogP contribution in [0.1, 0.15) is 46.5 Å². The first kappa shape index (κ1) is 18.4. The van der Waals surface area contributed by atoms with Gasteiger partial charge in [-0.05, 0) is 59.7 Å². The Kier molecular flexibility index (Phi) is 10.8. The summed E-state index contributed by atoms with van der Waals surface area (Å²) < 4.78 is 5.33. The highest BCUT2D eigenvalue weighted by atomic mass is 16.5. The van der Waals surface area contributed by atoms with Crippen LogP contribution >= 0.6 is 0 Å². The summed E-state index contributed by atoms with van der Waals surface area (Å²) in [5, 5.41) is 12.6.